The number of halogens is 1. The Morgan fingerprint density at radius 3 is 2.78 bits per heavy atom. The minimum absolute atomic E-state index is 0.211. The van der Waals surface area contributed by atoms with E-state index in [2.05, 4.69) is 28.5 Å². The highest BCUT2D eigenvalue weighted by Gasteiger charge is 2.49. The summed E-state index contributed by atoms with van der Waals surface area (Å²) in [4.78, 5) is 2.47. The second kappa shape index (κ2) is 7.36. The summed E-state index contributed by atoms with van der Waals surface area (Å²) in [7, 11) is 0. The lowest BCUT2D eigenvalue weighted by molar-refractivity contribution is -0.0648. The molecule has 27 heavy (non-hydrogen) atoms. The van der Waals surface area contributed by atoms with Crippen LogP contribution in [0.1, 0.15) is 49.4 Å². The van der Waals surface area contributed by atoms with Crippen LogP contribution >= 0.6 is 0 Å². The van der Waals surface area contributed by atoms with Crippen molar-refractivity contribution in [3.63, 3.8) is 0 Å². The number of likely N-dealkylation sites (tertiary alicyclic amines) is 1. The van der Waals surface area contributed by atoms with Crippen molar-refractivity contribution in [2.45, 2.75) is 58.2 Å². The van der Waals surface area contributed by atoms with E-state index in [-0.39, 0.29) is 11.7 Å². The van der Waals surface area contributed by atoms with Crippen LogP contribution in [0.3, 0.4) is 0 Å². The number of benzene rings is 1. The van der Waals surface area contributed by atoms with Crippen molar-refractivity contribution in [2.75, 3.05) is 13.1 Å². The molecule has 0 radical (unpaired) electrons. The molecule has 1 saturated heterocycles. The minimum atomic E-state index is -0.840. The summed E-state index contributed by atoms with van der Waals surface area (Å²) in [6.07, 6.45) is 6.04. The number of hydrogen-bond acceptors (Lipinski definition) is 3. The average Bonchev–Trinajstić information content (AvgIpc) is 3.22. The van der Waals surface area contributed by atoms with Gasteiger partial charge in [0.25, 0.3) is 0 Å². The highest BCUT2D eigenvalue weighted by Crippen LogP contribution is 2.48. The van der Waals surface area contributed by atoms with Gasteiger partial charge < -0.3 is 5.11 Å². The lowest BCUT2D eigenvalue weighted by Gasteiger charge is -2.41. The van der Waals surface area contributed by atoms with Crippen LogP contribution in [0, 0.1) is 24.6 Å². The van der Waals surface area contributed by atoms with E-state index in [0.717, 1.165) is 51.0 Å². The molecule has 1 aliphatic heterocycles. The van der Waals surface area contributed by atoms with E-state index in [1.54, 1.807) is 12.1 Å². The molecule has 1 aliphatic carbocycles. The summed E-state index contributed by atoms with van der Waals surface area (Å²) >= 11 is 0. The molecule has 2 aromatic rings. The molecule has 1 N–H and O–H groups in total. The van der Waals surface area contributed by atoms with Gasteiger partial charge in [0.2, 0.25) is 0 Å². The third-order valence-corrected chi connectivity index (χ3v) is 6.64. The summed E-state index contributed by atoms with van der Waals surface area (Å²) in [5.41, 5.74) is 2.56. The van der Waals surface area contributed by atoms with Gasteiger partial charge in [-0.25, -0.2) is 4.39 Å². The first kappa shape index (κ1) is 18.6. The Hall–Kier alpha value is -1.72. The van der Waals surface area contributed by atoms with Crippen LogP contribution in [0.2, 0.25) is 0 Å². The van der Waals surface area contributed by atoms with Crippen LogP contribution < -0.4 is 0 Å². The van der Waals surface area contributed by atoms with E-state index in [0.29, 0.717) is 5.92 Å². The van der Waals surface area contributed by atoms with E-state index in [4.69, 9.17) is 0 Å². The third kappa shape index (κ3) is 3.43. The number of aliphatic hydroxyl groups is 1. The van der Waals surface area contributed by atoms with Crippen molar-refractivity contribution >= 4 is 0 Å². The number of fused-ring (bicyclic) bond motifs is 1. The van der Waals surface area contributed by atoms with Crippen molar-refractivity contribution in [2.24, 2.45) is 11.8 Å². The van der Waals surface area contributed by atoms with Gasteiger partial charge in [0.05, 0.1) is 11.8 Å². The Balaban J connectivity index is 1.51. The normalized spacial score (nSPS) is 28.4. The molecular formula is C22H30FN3O. The maximum absolute atomic E-state index is 13.3. The predicted octanol–water partition coefficient (Wildman–Crippen LogP) is 3.86. The third-order valence-electron chi connectivity index (χ3n) is 6.64. The fourth-order valence-corrected chi connectivity index (χ4v) is 5.16. The lowest BCUT2D eigenvalue weighted by Crippen LogP contribution is -2.42. The Morgan fingerprint density at radius 1 is 1.26 bits per heavy atom. The molecule has 3 atom stereocenters. The predicted molar refractivity (Wildman–Crippen MR) is 104 cm³/mol. The van der Waals surface area contributed by atoms with Crippen LogP contribution in [0.15, 0.2) is 30.5 Å². The number of aryl methyl sites for hydroxylation is 1. The molecule has 0 amide bonds. The second-order valence-electron chi connectivity index (χ2n) is 8.36. The topological polar surface area (TPSA) is 41.3 Å². The molecular weight excluding hydrogens is 341 g/mol. The van der Waals surface area contributed by atoms with Crippen LogP contribution in [-0.4, -0.2) is 32.9 Å². The molecule has 146 valence electrons. The smallest absolute Gasteiger partial charge is 0.123 e. The summed E-state index contributed by atoms with van der Waals surface area (Å²) in [5.74, 6) is 0.463. The first-order valence-corrected chi connectivity index (χ1v) is 10.2. The molecule has 2 heterocycles. The maximum Gasteiger partial charge on any atom is 0.123 e. The Morgan fingerprint density at radius 2 is 2.04 bits per heavy atom. The Labute approximate surface area is 161 Å². The van der Waals surface area contributed by atoms with Gasteiger partial charge in [-0.2, -0.15) is 5.10 Å². The monoisotopic (exact) mass is 371 g/mol. The molecule has 4 rings (SSSR count). The zero-order valence-electron chi connectivity index (χ0n) is 16.4. The summed E-state index contributed by atoms with van der Waals surface area (Å²) in [5, 5.41) is 16.1. The molecule has 1 aromatic heterocycles. The van der Waals surface area contributed by atoms with Crippen LogP contribution in [0.4, 0.5) is 4.39 Å². The molecule has 5 heteroatoms. The summed E-state index contributed by atoms with van der Waals surface area (Å²) < 4.78 is 15.4. The van der Waals surface area contributed by atoms with Crippen molar-refractivity contribution in [3.8, 4) is 0 Å². The molecule has 1 aromatic carbocycles. The van der Waals surface area contributed by atoms with E-state index in [1.165, 1.54) is 29.8 Å². The second-order valence-corrected chi connectivity index (χ2v) is 8.36. The first-order chi connectivity index (χ1) is 13.0. The van der Waals surface area contributed by atoms with Crippen molar-refractivity contribution in [3.05, 3.63) is 53.1 Å². The average molecular weight is 372 g/mol. The van der Waals surface area contributed by atoms with Gasteiger partial charge in [-0.15, -0.1) is 0 Å². The van der Waals surface area contributed by atoms with Crippen molar-refractivity contribution < 1.29 is 9.50 Å². The lowest BCUT2D eigenvalue weighted by atomic mass is 9.67. The molecule has 4 nitrogen and oxygen atoms in total. The zero-order valence-corrected chi connectivity index (χ0v) is 16.4. The van der Waals surface area contributed by atoms with E-state index >= 15 is 0 Å². The molecule has 1 saturated carbocycles. The molecule has 2 aliphatic rings. The number of hydrogen-bond donors (Lipinski definition) is 1. The Kier molecular flexibility index (Phi) is 5.08. The summed E-state index contributed by atoms with van der Waals surface area (Å²) in [6.45, 7) is 8.07. The summed E-state index contributed by atoms with van der Waals surface area (Å²) in [6, 6.07) is 6.46. The fourth-order valence-electron chi connectivity index (χ4n) is 5.16. The standard InChI is InChI=1S/C22H30FN3O/c1-3-11-26-16(2)18(12-24-26)14-25-13-17-5-4-10-22(27,21(17)15-25)19-6-8-20(23)9-7-19/h6-9,12,17,21,27H,3-5,10-11,13-15H2,1-2H3/t17-,21+,22+/m0/s1. The van der Waals surface area contributed by atoms with Gasteiger partial charge in [0.15, 0.2) is 0 Å². The highest BCUT2D eigenvalue weighted by atomic mass is 19.1. The van der Waals surface area contributed by atoms with E-state index < -0.39 is 5.60 Å². The number of rotatable bonds is 5. The van der Waals surface area contributed by atoms with Crippen molar-refractivity contribution in [1.82, 2.24) is 14.7 Å². The van der Waals surface area contributed by atoms with Gasteiger partial charge in [0, 0.05) is 43.4 Å². The van der Waals surface area contributed by atoms with Crippen LogP contribution in [0.25, 0.3) is 0 Å². The molecule has 0 bridgehead atoms. The maximum atomic E-state index is 13.3. The molecule has 0 unspecified atom stereocenters. The van der Waals surface area contributed by atoms with E-state index in [9.17, 15) is 9.50 Å². The Bertz CT molecular complexity index is 787. The first-order valence-electron chi connectivity index (χ1n) is 10.2. The molecule has 0 spiro atoms. The SMILES string of the molecule is CCCn1ncc(CN2C[C@@H]3CCC[C@@](O)(c4ccc(F)cc4)[C@@H]3C2)c1C. The van der Waals surface area contributed by atoms with Gasteiger partial charge in [-0.3, -0.25) is 9.58 Å². The quantitative estimate of drug-likeness (QED) is 0.868. The van der Waals surface area contributed by atoms with Gasteiger partial charge in [0.1, 0.15) is 5.82 Å². The number of nitrogens with zero attached hydrogens (tertiary/aromatic N) is 3. The largest absolute Gasteiger partial charge is 0.385 e. The zero-order chi connectivity index (χ0) is 19.0. The highest BCUT2D eigenvalue weighted by molar-refractivity contribution is 5.26. The fraction of sp³-hybridized carbons (Fsp3) is 0.591. The number of aromatic nitrogens is 2. The molecule has 2 fully saturated rings. The van der Waals surface area contributed by atoms with Crippen LogP contribution in [0.5, 0.6) is 0 Å². The van der Waals surface area contributed by atoms with Gasteiger partial charge in [-0.1, -0.05) is 19.1 Å². The van der Waals surface area contributed by atoms with Crippen molar-refractivity contribution in [1.29, 1.82) is 0 Å². The van der Waals surface area contributed by atoms with Gasteiger partial charge >= 0.3 is 0 Å². The minimum Gasteiger partial charge on any atom is -0.385 e. The van der Waals surface area contributed by atoms with Gasteiger partial charge in [-0.05, 0) is 56.2 Å². The van der Waals surface area contributed by atoms with E-state index in [1.807, 2.05) is 6.20 Å². The van der Waals surface area contributed by atoms with Crippen LogP contribution in [-0.2, 0) is 18.7 Å².